The van der Waals surface area contributed by atoms with Crippen molar-refractivity contribution in [2.75, 3.05) is 6.26 Å². The minimum atomic E-state index is -4.54. The van der Waals surface area contributed by atoms with E-state index in [1.807, 2.05) is 6.07 Å². The summed E-state index contributed by atoms with van der Waals surface area (Å²) in [5, 5.41) is 0.0551. The molecule has 26 heavy (non-hydrogen) atoms. The lowest BCUT2D eigenvalue weighted by molar-refractivity contribution is -0.141. The third kappa shape index (κ3) is 4.13. The lowest BCUT2D eigenvalue weighted by Crippen LogP contribution is -2.18. The molecule has 0 fully saturated rings. The molecule has 1 aromatic carbocycles. The van der Waals surface area contributed by atoms with Crippen molar-refractivity contribution < 1.29 is 13.2 Å². The van der Waals surface area contributed by atoms with Crippen molar-refractivity contribution in [2.24, 2.45) is 0 Å². The lowest BCUT2D eigenvalue weighted by atomic mass is 10.1. The summed E-state index contributed by atoms with van der Waals surface area (Å²) in [7, 11) is 0. The second-order valence-corrected chi connectivity index (χ2v) is 6.26. The van der Waals surface area contributed by atoms with Crippen LogP contribution < -0.4 is 5.56 Å². The fraction of sp³-hybridized carbons (Fsp3) is 0.167. The van der Waals surface area contributed by atoms with Crippen molar-refractivity contribution in [1.29, 1.82) is 0 Å². The molecule has 2 heterocycles. The molecule has 0 bridgehead atoms. The van der Waals surface area contributed by atoms with Gasteiger partial charge in [0.05, 0.1) is 12.2 Å². The van der Waals surface area contributed by atoms with Crippen LogP contribution in [0.3, 0.4) is 0 Å². The van der Waals surface area contributed by atoms with Gasteiger partial charge in [-0.3, -0.25) is 4.79 Å². The molecule has 0 amide bonds. The largest absolute Gasteiger partial charge is 0.433 e. The summed E-state index contributed by atoms with van der Waals surface area (Å²) < 4.78 is 40.7. The van der Waals surface area contributed by atoms with Crippen molar-refractivity contribution >= 4 is 11.8 Å². The van der Waals surface area contributed by atoms with E-state index in [0.717, 1.165) is 23.4 Å². The highest BCUT2D eigenvalue weighted by Crippen LogP contribution is 2.31. The third-order valence-electron chi connectivity index (χ3n) is 3.65. The molecule has 0 aliphatic heterocycles. The van der Waals surface area contributed by atoms with Gasteiger partial charge in [-0.2, -0.15) is 13.2 Å². The molecular formula is C18H14F3N3OS. The Balaban J connectivity index is 2.00. The zero-order valence-corrected chi connectivity index (χ0v) is 14.5. The van der Waals surface area contributed by atoms with Crippen LogP contribution in [-0.2, 0) is 12.7 Å². The molecule has 4 nitrogen and oxygen atoms in total. The Hall–Kier alpha value is -2.61. The maximum absolute atomic E-state index is 13.1. The summed E-state index contributed by atoms with van der Waals surface area (Å²) in [6.45, 7) is 0.320. The normalized spacial score (nSPS) is 11.5. The molecule has 0 aliphatic rings. The van der Waals surface area contributed by atoms with Crippen LogP contribution >= 0.6 is 11.8 Å². The predicted molar refractivity (Wildman–Crippen MR) is 94.1 cm³/mol. The average molecular weight is 377 g/mol. The first kappa shape index (κ1) is 18.2. The maximum Gasteiger partial charge on any atom is 0.433 e. The Morgan fingerprint density at radius 3 is 2.58 bits per heavy atom. The van der Waals surface area contributed by atoms with Crippen LogP contribution in [0.15, 0.2) is 64.7 Å². The Morgan fingerprint density at radius 2 is 1.88 bits per heavy atom. The van der Waals surface area contributed by atoms with Crippen LogP contribution in [0.1, 0.15) is 11.3 Å². The van der Waals surface area contributed by atoms with E-state index < -0.39 is 11.9 Å². The van der Waals surface area contributed by atoms with Crippen molar-refractivity contribution in [2.45, 2.75) is 17.9 Å². The standard InChI is InChI=1S/C18H14F3N3OS/c1-26-17-22-14(10-15(23-17)18(19,20)21)13-6-4-5-12(9-13)11-24-8-3-2-7-16(24)25/h2-10H,11H2,1H3. The Labute approximate surface area is 151 Å². The number of pyridine rings is 1. The number of benzene rings is 1. The van der Waals surface area contributed by atoms with Gasteiger partial charge in [-0.15, -0.1) is 0 Å². The van der Waals surface area contributed by atoms with Gasteiger partial charge in [-0.25, -0.2) is 9.97 Å². The number of alkyl halides is 3. The molecule has 134 valence electrons. The summed E-state index contributed by atoms with van der Waals surface area (Å²) in [6.07, 6.45) is -1.26. The summed E-state index contributed by atoms with van der Waals surface area (Å²) >= 11 is 1.05. The minimum absolute atomic E-state index is 0.0551. The van der Waals surface area contributed by atoms with Crippen LogP contribution in [0.4, 0.5) is 13.2 Å². The first-order valence-corrected chi connectivity index (χ1v) is 8.84. The molecule has 0 unspecified atom stereocenters. The Morgan fingerprint density at radius 1 is 1.08 bits per heavy atom. The molecule has 8 heteroatoms. The van der Waals surface area contributed by atoms with E-state index in [4.69, 9.17) is 0 Å². The fourth-order valence-electron chi connectivity index (χ4n) is 2.43. The number of hydrogen-bond donors (Lipinski definition) is 0. The van der Waals surface area contributed by atoms with Gasteiger partial charge in [0, 0.05) is 17.8 Å². The van der Waals surface area contributed by atoms with Gasteiger partial charge in [0.25, 0.3) is 5.56 Å². The minimum Gasteiger partial charge on any atom is -0.311 e. The molecule has 0 radical (unpaired) electrons. The zero-order chi connectivity index (χ0) is 18.7. The molecule has 3 rings (SSSR count). The Bertz CT molecular complexity index is 986. The van der Waals surface area contributed by atoms with Gasteiger partial charge < -0.3 is 4.57 Å². The van der Waals surface area contributed by atoms with Gasteiger partial charge in [0.1, 0.15) is 5.69 Å². The number of thioether (sulfide) groups is 1. The highest BCUT2D eigenvalue weighted by molar-refractivity contribution is 7.98. The van der Waals surface area contributed by atoms with Crippen LogP contribution in [-0.4, -0.2) is 20.8 Å². The molecular weight excluding hydrogens is 363 g/mol. The smallest absolute Gasteiger partial charge is 0.311 e. The molecule has 3 aromatic rings. The highest BCUT2D eigenvalue weighted by atomic mass is 32.2. The number of hydrogen-bond acceptors (Lipinski definition) is 4. The van der Waals surface area contributed by atoms with E-state index in [1.54, 1.807) is 42.8 Å². The monoisotopic (exact) mass is 377 g/mol. The van der Waals surface area contributed by atoms with Crippen LogP contribution in [0.5, 0.6) is 0 Å². The van der Waals surface area contributed by atoms with E-state index in [-0.39, 0.29) is 16.4 Å². The second kappa shape index (κ2) is 7.33. The van der Waals surface area contributed by atoms with E-state index in [2.05, 4.69) is 9.97 Å². The number of halogens is 3. The van der Waals surface area contributed by atoms with Crippen LogP contribution in [0.2, 0.25) is 0 Å². The molecule has 2 aromatic heterocycles. The summed E-state index contributed by atoms with van der Waals surface area (Å²) in [5.74, 6) is 0. The zero-order valence-electron chi connectivity index (χ0n) is 13.7. The first-order valence-electron chi connectivity index (χ1n) is 7.62. The lowest BCUT2D eigenvalue weighted by Gasteiger charge is -2.11. The third-order valence-corrected chi connectivity index (χ3v) is 4.20. The van der Waals surface area contributed by atoms with Crippen LogP contribution in [0.25, 0.3) is 11.3 Å². The molecule has 0 aliphatic carbocycles. The first-order chi connectivity index (χ1) is 12.4. The Kier molecular flexibility index (Phi) is 5.13. The second-order valence-electron chi connectivity index (χ2n) is 5.49. The summed E-state index contributed by atoms with van der Waals surface area (Å²) in [6, 6.07) is 12.7. The summed E-state index contributed by atoms with van der Waals surface area (Å²) in [4.78, 5) is 19.5. The predicted octanol–water partition coefficient (Wildman–Crippen LogP) is 4.09. The van der Waals surface area contributed by atoms with Gasteiger partial charge in [-0.1, -0.05) is 36.0 Å². The highest BCUT2D eigenvalue weighted by Gasteiger charge is 2.33. The van der Waals surface area contributed by atoms with Gasteiger partial charge in [0.15, 0.2) is 5.16 Å². The SMILES string of the molecule is CSc1nc(-c2cccc(Cn3ccccc3=O)c2)cc(C(F)(F)F)n1. The number of aromatic nitrogens is 3. The summed E-state index contributed by atoms with van der Waals surface area (Å²) in [5.41, 5.74) is 0.391. The number of rotatable bonds is 4. The topological polar surface area (TPSA) is 47.8 Å². The van der Waals surface area contributed by atoms with Gasteiger partial charge in [0.2, 0.25) is 0 Å². The van der Waals surface area contributed by atoms with Crippen molar-refractivity contribution in [3.05, 3.63) is 76.3 Å². The molecule has 0 N–H and O–H groups in total. The maximum atomic E-state index is 13.1. The van der Waals surface area contributed by atoms with E-state index in [1.165, 1.54) is 10.6 Å². The van der Waals surface area contributed by atoms with Crippen LogP contribution in [0, 0.1) is 0 Å². The van der Waals surface area contributed by atoms with Gasteiger partial charge in [-0.05, 0) is 30.0 Å². The van der Waals surface area contributed by atoms with Crippen molar-refractivity contribution in [1.82, 2.24) is 14.5 Å². The van der Waals surface area contributed by atoms with Crippen molar-refractivity contribution in [3.8, 4) is 11.3 Å². The molecule has 0 atom stereocenters. The average Bonchev–Trinajstić information content (AvgIpc) is 2.63. The molecule has 0 saturated carbocycles. The van der Waals surface area contributed by atoms with E-state index >= 15 is 0 Å². The van der Waals surface area contributed by atoms with E-state index in [9.17, 15) is 18.0 Å². The molecule has 0 saturated heterocycles. The van der Waals surface area contributed by atoms with Gasteiger partial charge >= 0.3 is 6.18 Å². The fourth-order valence-corrected chi connectivity index (χ4v) is 2.81. The quantitative estimate of drug-likeness (QED) is 0.507. The van der Waals surface area contributed by atoms with E-state index in [0.29, 0.717) is 12.1 Å². The number of nitrogens with zero attached hydrogens (tertiary/aromatic N) is 3. The molecule has 0 spiro atoms. The van der Waals surface area contributed by atoms with Crippen molar-refractivity contribution in [3.63, 3.8) is 0 Å².